The highest BCUT2D eigenvalue weighted by atomic mass is 79.9. The van der Waals surface area contributed by atoms with Gasteiger partial charge < -0.3 is 9.47 Å². The second kappa shape index (κ2) is 5.60. The van der Waals surface area contributed by atoms with E-state index in [0.29, 0.717) is 18.0 Å². The molecule has 1 aromatic carbocycles. The van der Waals surface area contributed by atoms with E-state index < -0.39 is 6.09 Å². The van der Waals surface area contributed by atoms with Crippen molar-refractivity contribution in [3.63, 3.8) is 0 Å². The third kappa shape index (κ3) is 3.79. The van der Waals surface area contributed by atoms with Crippen molar-refractivity contribution in [3.05, 3.63) is 22.7 Å². The van der Waals surface area contributed by atoms with E-state index in [4.69, 9.17) is 9.47 Å². The van der Waals surface area contributed by atoms with Gasteiger partial charge in [-0.3, -0.25) is 5.32 Å². The van der Waals surface area contributed by atoms with Crippen LogP contribution >= 0.6 is 15.9 Å². The number of carbonyl (C=O) groups excluding carboxylic acids is 1. The Labute approximate surface area is 96.7 Å². The zero-order valence-electron chi connectivity index (χ0n) is 8.54. The lowest BCUT2D eigenvalue weighted by Crippen LogP contribution is -2.13. The van der Waals surface area contributed by atoms with Crippen LogP contribution in [0, 0.1) is 0 Å². The number of ether oxygens (including phenoxy) is 2. The molecule has 0 aliphatic rings. The smallest absolute Gasteiger partial charge is 0.411 e. The highest BCUT2D eigenvalue weighted by Gasteiger charge is 2.04. The first-order valence-corrected chi connectivity index (χ1v) is 5.23. The van der Waals surface area contributed by atoms with Crippen LogP contribution in [0.5, 0.6) is 5.75 Å². The van der Waals surface area contributed by atoms with Gasteiger partial charge in [-0.25, -0.2) is 4.79 Å². The number of anilines is 1. The average molecular weight is 274 g/mol. The average Bonchev–Trinajstić information content (AvgIpc) is 2.17. The van der Waals surface area contributed by atoms with Gasteiger partial charge in [0.15, 0.2) is 0 Å². The molecule has 5 heteroatoms. The molecule has 4 nitrogen and oxygen atoms in total. The minimum absolute atomic E-state index is 0.344. The molecule has 0 aliphatic heterocycles. The first-order chi connectivity index (χ1) is 7.15. The van der Waals surface area contributed by atoms with E-state index in [0.717, 1.165) is 4.47 Å². The van der Waals surface area contributed by atoms with Crippen molar-refractivity contribution in [1.29, 1.82) is 0 Å². The molecule has 0 saturated carbocycles. The third-order valence-electron chi connectivity index (χ3n) is 1.63. The van der Waals surface area contributed by atoms with E-state index in [1.807, 2.05) is 0 Å². The van der Waals surface area contributed by atoms with Gasteiger partial charge in [0.05, 0.1) is 13.7 Å². The summed E-state index contributed by atoms with van der Waals surface area (Å²) >= 11 is 3.31. The zero-order chi connectivity index (χ0) is 11.3. The summed E-state index contributed by atoms with van der Waals surface area (Å²) in [6, 6.07) is 5.28. The minimum Gasteiger partial charge on any atom is -0.497 e. The first kappa shape index (κ1) is 11.8. The van der Waals surface area contributed by atoms with Gasteiger partial charge in [-0.05, 0) is 19.1 Å². The molecule has 0 aliphatic carbocycles. The predicted octanol–water partition coefficient (Wildman–Crippen LogP) is 3.03. The Morgan fingerprint density at radius 1 is 1.47 bits per heavy atom. The molecule has 0 saturated heterocycles. The van der Waals surface area contributed by atoms with Crippen LogP contribution in [0.2, 0.25) is 0 Å². The summed E-state index contributed by atoms with van der Waals surface area (Å²) < 4.78 is 10.6. The summed E-state index contributed by atoms with van der Waals surface area (Å²) in [7, 11) is 1.57. The van der Waals surface area contributed by atoms with Crippen LogP contribution < -0.4 is 10.1 Å². The second-order valence-corrected chi connectivity index (χ2v) is 3.64. The van der Waals surface area contributed by atoms with Crippen molar-refractivity contribution in [2.45, 2.75) is 6.92 Å². The molecule has 1 rings (SSSR count). The van der Waals surface area contributed by atoms with Gasteiger partial charge in [0.1, 0.15) is 5.75 Å². The summed E-state index contributed by atoms with van der Waals surface area (Å²) in [5.41, 5.74) is 0.625. The normalized spacial score (nSPS) is 9.53. The number of halogens is 1. The van der Waals surface area contributed by atoms with E-state index in [-0.39, 0.29) is 0 Å². The quantitative estimate of drug-likeness (QED) is 0.921. The molecule has 1 N–H and O–H groups in total. The maximum Gasteiger partial charge on any atom is 0.411 e. The van der Waals surface area contributed by atoms with Gasteiger partial charge in [-0.2, -0.15) is 0 Å². The van der Waals surface area contributed by atoms with E-state index in [1.54, 1.807) is 32.2 Å². The number of rotatable bonds is 3. The van der Waals surface area contributed by atoms with Crippen LogP contribution in [0.1, 0.15) is 6.92 Å². The standard InChI is InChI=1S/C10H12BrNO3/c1-3-15-10(13)12-8-4-7(11)5-9(6-8)14-2/h4-6H,3H2,1-2H3,(H,12,13). The Kier molecular flexibility index (Phi) is 4.42. The van der Waals surface area contributed by atoms with Gasteiger partial charge in [0.2, 0.25) is 0 Å². The lowest BCUT2D eigenvalue weighted by atomic mass is 10.3. The lowest BCUT2D eigenvalue weighted by Gasteiger charge is -2.07. The molecule has 0 bridgehead atoms. The Balaban J connectivity index is 2.76. The maximum atomic E-state index is 11.1. The number of nitrogens with one attached hydrogen (secondary N) is 1. The van der Waals surface area contributed by atoms with Crippen molar-refractivity contribution in [2.24, 2.45) is 0 Å². The first-order valence-electron chi connectivity index (χ1n) is 4.44. The van der Waals surface area contributed by atoms with Crippen LogP contribution in [0.25, 0.3) is 0 Å². The number of hydrogen-bond acceptors (Lipinski definition) is 3. The molecule has 1 aromatic rings. The van der Waals surface area contributed by atoms with Crippen molar-refractivity contribution in [1.82, 2.24) is 0 Å². The van der Waals surface area contributed by atoms with E-state index in [1.165, 1.54) is 0 Å². The van der Waals surface area contributed by atoms with Crippen molar-refractivity contribution in [3.8, 4) is 5.75 Å². The molecule has 0 radical (unpaired) electrons. The fourth-order valence-electron chi connectivity index (χ4n) is 1.04. The van der Waals surface area contributed by atoms with E-state index in [2.05, 4.69) is 21.2 Å². The number of amides is 1. The molecule has 0 fully saturated rings. The van der Waals surface area contributed by atoms with Crippen LogP contribution in [0.4, 0.5) is 10.5 Å². The number of carbonyl (C=O) groups is 1. The van der Waals surface area contributed by atoms with Crippen molar-refractivity contribution >= 4 is 27.7 Å². The summed E-state index contributed by atoms with van der Waals surface area (Å²) in [6.45, 7) is 2.10. The summed E-state index contributed by atoms with van der Waals surface area (Å²) in [5, 5.41) is 2.59. The van der Waals surface area contributed by atoms with Gasteiger partial charge in [-0.15, -0.1) is 0 Å². The van der Waals surface area contributed by atoms with Crippen LogP contribution in [-0.2, 0) is 4.74 Å². The fourth-order valence-corrected chi connectivity index (χ4v) is 1.51. The monoisotopic (exact) mass is 273 g/mol. The zero-order valence-corrected chi connectivity index (χ0v) is 10.1. The molecule has 1 amide bonds. The summed E-state index contributed by atoms with van der Waals surface area (Å²) in [4.78, 5) is 11.1. The van der Waals surface area contributed by atoms with Crippen molar-refractivity contribution in [2.75, 3.05) is 19.0 Å². The third-order valence-corrected chi connectivity index (χ3v) is 2.09. The second-order valence-electron chi connectivity index (χ2n) is 2.73. The highest BCUT2D eigenvalue weighted by Crippen LogP contribution is 2.24. The number of hydrogen-bond donors (Lipinski definition) is 1. The molecular weight excluding hydrogens is 262 g/mol. The molecule has 82 valence electrons. The Morgan fingerprint density at radius 2 is 2.20 bits per heavy atom. The molecule has 15 heavy (non-hydrogen) atoms. The summed E-state index contributed by atoms with van der Waals surface area (Å²) in [6.07, 6.45) is -0.474. The Bertz CT molecular complexity index is 355. The molecule has 0 unspecified atom stereocenters. The molecule has 0 spiro atoms. The Hall–Kier alpha value is -1.23. The largest absolute Gasteiger partial charge is 0.497 e. The molecular formula is C10H12BrNO3. The van der Waals surface area contributed by atoms with Gasteiger partial charge in [-0.1, -0.05) is 15.9 Å². The van der Waals surface area contributed by atoms with Gasteiger partial charge in [0.25, 0.3) is 0 Å². The fraction of sp³-hybridized carbons (Fsp3) is 0.300. The van der Waals surface area contributed by atoms with Crippen LogP contribution in [-0.4, -0.2) is 19.8 Å². The van der Waals surface area contributed by atoms with Gasteiger partial charge in [0, 0.05) is 16.2 Å². The molecule has 0 aromatic heterocycles. The predicted molar refractivity (Wildman–Crippen MR) is 61.3 cm³/mol. The lowest BCUT2D eigenvalue weighted by molar-refractivity contribution is 0.168. The molecule has 0 heterocycles. The summed E-state index contributed by atoms with van der Waals surface area (Å²) in [5.74, 6) is 0.663. The molecule has 0 atom stereocenters. The number of benzene rings is 1. The van der Waals surface area contributed by atoms with Crippen molar-refractivity contribution < 1.29 is 14.3 Å². The maximum absolute atomic E-state index is 11.1. The number of methoxy groups -OCH3 is 1. The van der Waals surface area contributed by atoms with E-state index in [9.17, 15) is 4.79 Å². The van der Waals surface area contributed by atoms with E-state index >= 15 is 0 Å². The Morgan fingerprint density at radius 3 is 2.80 bits per heavy atom. The van der Waals surface area contributed by atoms with Gasteiger partial charge >= 0.3 is 6.09 Å². The highest BCUT2D eigenvalue weighted by molar-refractivity contribution is 9.10. The topological polar surface area (TPSA) is 47.6 Å². The van der Waals surface area contributed by atoms with Crippen LogP contribution in [0.3, 0.4) is 0 Å². The minimum atomic E-state index is -0.474. The SMILES string of the molecule is CCOC(=O)Nc1cc(Br)cc(OC)c1. The van der Waals surface area contributed by atoms with Crippen LogP contribution in [0.15, 0.2) is 22.7 Å².